The first-order chi connectivity index (χ1) is 14.1. The second-order valence-electron chi connectivity index (χ2n) is 6.24. The standard InChI is InChI=1S/C19H15F4N5O2/c1-11(29)25-14-6-2-4-12(8-14)10-24-18(30)16-17(19(21,22)23)28(27-26-16)15-7-3-5-13(20)9-15/h2-9H,10H2,1H3,(H,24,30)(H,25,29). The van der Waals surface area contributed by atoms with E-state index in [1.807, 2.05) is 0 Å². The van der Waals surface area contributed by atoms with Gasteiger partial charge in [-0.25, -0.2) is 9.07 Å². The lowest BCUT2D eigenvalue weighted by molar-refractivity contribution is -0.143. The number of hydrogen-bond acceptors (Lipinski definition) is 4. The van der Waals surface area contributed by atoms with Crippen LogP contribution in [0.2, 0.25) is 0 Å². The van der Waals surface area contributed by atoms with Crippen LogP contribution in [0.15, 0.2) is 48.5 Å². The molecule has 0 spiro atoms. The van der Waals surface area contributed by atoms with Crippen molar-refractivity contribution in [3.63, 3.8) is 0 Å². The smallest absolute Gasteiger partial charge is 0.346 e. The molecule has 3 aromatic rings. The van der Waals surface area contributed by atoms with Crippen LogP contribution in [0.25, 0.3) is 5.69 Å². The first kappa shape index (κ1) is 21.0. The number of carbonyl (C=O) groups is 2. The molecular formula is C19H15F4N5O2. The van der Waals surface area contributed by atoms with Crippen LogP contribution in [-0.2, 0) is 17.5 Å². The van der Waals surface area contributed by atoms with Crippen LogP contribution in [0.4, 0.5) is 23.2 Å². The van der Waals surface area contributed by atoms with Crippen molar-refractivity contribution in [1.82, 2.24) is 20.3 Å². The number of carbonyl (C=O) groups excluding carboxylic acids is 2. The van der Waals surface area contributed by atoms with Gasteiger partial charge in [0.25, 0.3) is 5.91 Å². The number of amides is 2. The SMILES string of the molecule is CC(=O)Nc1cccc(CNC(=O)c2nnn(-c3cccc(F)c3)c2C(F)(F)F)c1. The van der Waals surface area contributed by atoms with Crippen LogP contribution in [0.3, 0.4) is 0 Å². The van der Waals surface area contributed by atoms with Gasteiger partial charge < -0.3 is 10.6 Å². The quantitative estimate of drug-likeness (QED) is 0.619. The van der Waals surface area contributed by atoms with Crippen molar-refractivity contribution in [1.29, 1.82) is 0 Å². The van der Waals surface area contributed by atoms with Gasteiger partial charge >= 0.3 is 6.18 Å². The van der Waals surface area contributed by atoms with Crippen molar-refractivity contribution in [2.45, 2.75) is 19.6 Å². The zero-order valence-corrected chi connectivity index (χ0v) is 15.5. The van der Waals surface area contributed by atoms with E-state index in [-0.39, 0.29) is 18.1 Å². The molecule has 0 aliphatic carbocycles. The molecule has 0 unspecified atom stereocenters. The Bertz CT molecular complexity index is 1090. The monoisotopic (exact) mass is 421 g/mol. The summed E-state index contributed by atoms with van der Waals surface area (Å²) in [4.78, 5) is 23.5. The fourth-order valence-corrected chi connectivity index (χ4v) is 2.71. The number of rotatable bonds is 5. The Morgan fingerprint density at radius 3 is 2.50 bits per heavy atom. The summed E-state index contributed by atoms with van der Waals surface area (Å²) in [7, 11) is 0. The number of halogens is 4. The minimum atomic E-state index is -4.96. The molecule has 156 valence electrons. The molecule has 7 nitrogen and oxygen atoms in total. The average Bonchev–Trinajstić information content (AvgIpc) is 3.12. The van der Waals surface area contributed by atoms with Crippen molar-refractivity contribution in [2.24, 2.45) is 0 Å². The average molecular weight is 421 g/mol. The number of nitrogens with zero attached hydrogens (tertiary/aromatic N) is 3. The molecule has 0 saturated heterocycles. The maximum Gasteiger partial charge on any atom is 0.435 e. The summed E-state index contributed by atoms with van der Waals surface area (Å²) >= 11 is 0. The molecule has 30 heavy (non-hydrogen) atoms. The first-order valence-corrected chi connectivity index (χ1v) is 8.58. The highest BCUT2D eigenvalue weighted by molar-refractivity contribution is 5.93. The van der Waals surface area contributed by atoms with E-state index in [2.05, 4.69) is 20.9 Å². The van der Waals surface area contributed by atoms with Crippen LogP contribution in [0.5, 0.6) is 0 Å². The van der Waals surface area contributed by atoms with Gasteiger partial charge in [-0.3, -0.25) is 9.59 Å². The van der Waals surface area contributed by atoms with Crippen LogP contribution in [-0.4, -0.2) is 26.8 Å². The summed E-state index contributed by atoms with van der Waals surface area (Å²) in [6.45, 7) is 1.21. The van der Waals surface area contributed by atoms with Crippen molar-refractivity contribution in [3.8, 4) is 5.69 Å². The summed E-state index contributed by atoms with van der Waals surface area (Å²) in [5.41, 5.74) is -1.57. The minimum absolute atomic E-state index is 0.115. The molecule has 1 heterocycles. The van der Waals surface area contributed by atoms with Gasteiger partial charge in [-0.15, -0.1) is 5.10 Å². The van der Waals surface area contributed by atoms with Crippen molar-refractivity contribution >= 4 is 17.5 Å². The number of nitrogens with one attached hydrogen (secondary N) is 2. The highest BCUT2D eigenvalue weighted by atomic mass is 19.4. The molecule has 2 amide bonds. The fraction of sp³-hybridized carbons (Fsp3) is 0.158. The Balaban J connectivity index is 1.85. The van der Waals surface area contributed by atoms with E-state index in [9.17, 15) is 27.2 Å². The minimum Gasteiger partial charge on any atom is -0.346 e. The van der Waals surface area contributed by atoms with Gasteiger partial charge in [0, 0.05) is 19.2 Å². The van der Waals surface area contributed by atoms with E-state index >= 15 is 0 Å². The summed E-state index contributed by atoms with van der Waals surface area (Å²) in [6.07, 6.45) is -4.96. The fourth-order valence-electron chi connectivity index (χ4n) is 2.71. The van der Waals surface area contributed by atoms with Gasteiger partial charge in [0.2, 0.25) is 5.91 Å². The van der Waals surface area contributed by atoms with E-state index in [0.29, 0.717) is 15.9 Å². The highest BCUT2D eigenvalue weighted by Gasteiger charge is 2.42. The van der Waals surface area contributed by atoms with Gasteiger partial charge in [-0.05, 0) is 35.9 Å². The van der Waals surface area contributed by atoms with E-state index < -0.39 is 29.3 Å². The Morgan fingerprint density at radius 1 is 1.10 bits per heavy atom. The van der Waals surface area contributed by atoms with Gasteiger partial charge in [-0.1, -0.05) is 23.4 Å². The van der Waals surface area contributed by atoms with Gasteiger partial charge in [0.1, 0.15) is 5.82 Å². The molecule has 0 fully saturated rings. The van der Waals surface area contributed by atoms with Gasteiger partial charge in [0.15, 0.2) is 11.4 Å². The van der Waals surface area contributed by atoms with Crippen LogP contribution in [0.1, 0.15) is 28.7 Å². The largest absolute Gasteiger partial charge is 0.435 e. The number of aromatic nitrogens is 3. The molecule has 11 heteroatoms. The number of hydrogen-bond donors (Lipinski definition) is 2. The second-order valence-corrected chi connectivity index (χ2v) is 6.24. The third-order valence-corrected chi connectivity index (χ3v) is 3.91. The zero-order chi connectivity index (χ0) is 21.9. The maximum atomic E-state index is 13.6. The van der Waals surface area contributed by atoms with Crippen LogP contribution < -0.4 is 10.6 Å². The molecule has 2 aromatic carbocycles. The predicted octanol–water partition coefficient (Wildman–Crippen LogP) is 3.31. The van der Waals surface area contributed by atoms with Crippen molar-refractivity contribution in [2.75, 3.05) is 5.32 Å². The Labute approximate surface area is 167 Å². The topological polar surface area (TPSA) is 88.9 Å². The van der Waals surface area contributed by atoms with E-state index in [1.54, 1.807) is 24.3 Å². The Morgan fingerprint density at radius 2 is 1.83 bits per heavy atom. The van der Waals surface area contributed by atoms with Crippen molar-refractivity contribution in [3.05, 3.63) is 71.3 Å². The lowest BCUT2D eigenvalue weighted by atomic mass is 10.2. The van der Waals surface area contributed by atoms with E-state index in [1.165, 1.54) is 19.1 Å². The molecule has 2 N–H and O–H groups in total. The van der Waals surface area contributed by atoms with Crippen LogP contribution in [0, 0.1) is 5.82 Å². The zero-order valence-electron chi connectivity index (χ0n) is 15.5. The molecule has 1 aromatic heterocycles. The van der Waals surface area contributed by atoms with Gasteiger partial charge in [-0.2, -0.15) is 13.2 Å². The van der Waals surface area contributed by atoms with E-state index in [0.717, 1.165) is 12.1 Å². The molecular weight excluding hydrogens is 406 g/mol. The number of anilines is 1. The normalized spacial score (nSPS) is 11.2. The first-order valence-electron chi connectivity index (χ1n) is 8.58. The molecule has 0 bridgehead atoms. The summed E-state index contributed by atoms with van der Waals surface area (Å²) in [5, 5.41) is 11.7. The maximum absolute atomic E-state index is 13.6. The molecule has 0 aliphatic rings. The molecule has 0 atom stereocenters. The lowest BCUT2D eigenvalue weighted by Crippen LogP contribution is -2.27. The molecule has 3 rings (SSSR count). The Hall–Kier alpha value is -3.76. The Kier molecular flexibility index (Phi) is 5.81. The molecule has 0 saturated carbocycles. The summed E-state index contributed by atoms with van der Waals surface area (Å²) in [5.74, 6) is -2.16. The predicted molar refractivity (Wildman–Crippen MR) is 98.2 cm³/mol. The number of alkyl halides is 3. The molecule has 0 radical (unpaired) electrons. The highest BCUT2D eigenvalue weighted by Crippen LogP contribution is 2.32. The van der Waals surface area contributed by atoms with Crippen LogP contribution >= 0.6 is 0 Å². The summed E-state index contributed by atoms with van der Waals surface area (Å²) in [6, 6.07) is 10.8. The molecule has 0 aliphatic heterocycles. The third-order valence-electron chi connectivity index (χ3n) is 3.91. The third kappa shape index (κ3) is 4.80. The number of benzene rings is 2. The second kappa shape index (κ2) is 8.31. The van der Waals surface area contributed by atoms with Gasteiger partial charge in [0.05, 0.1) is 5.69 Å². The van der Waals surface area contributed by atoms with E-state index in [4.69, 9.17) is 0 Å². The summed E-state index contributed by atoms with van der Waals surface area (Å²) < 4.78 is 54.6. The van der Waals surface area contributed by atoms with Crippen molar-refractivity contribution < 1.29 is 27.2 Å². The lowest BCUT2D eigenvalue weighted by Gasteiger charge is -2.11.